The van der Waals surface area contributed by atoms with E-state index in [4.69, 9.17) is 17.3 Å². The van der Waals surface area contributed by atoms with Crippen LogP contribution in [0.25, 0.3) is 0 Å². The van der Waals surface area contributed by atoms with Crippen LogP contribution in [0.15, 0.2) is 23.4 Å². The van der Waals surface area contributed by atoms with Gasteiger partial charge in [0.25, 0.3) is 0 Å². The molecule has 0 aliphatic rings. The number of aliphatic hydroxyl groups is 1. The van der Waals surface area contributed by atoms with Crippen molar-refractivity contribution in [1.82, 2.24) is 4.98 Å². The first kappa shape index (κ1) is 14.8. The van der Waals surface area contributed by atoms with Crippen LogP contribution in [0.4, 0.5) is 0 Å². The van der Waals surface area contributed by atoms with Crippen molar-refractivity contribution >= 4 is 23.4 Å². The van der Waals surface area contributed by atoms with Crippen molar-refractivity contribution in [3.05, 3.63) is 23.4 Å². The Labute approximate surface area is 112 Å². The summed E-state index contributed by atoms with van der Waals surface area (Å²) in [6, 6.07) is 3.52. The van der Waals surface area contributed by atoms with Crippen molar-refractivity contribution in [2.24, 2.45) is 11.1 Å². The fraction of sp³-hybridized carbons (Fsp3) is 0.583. The van der Waals surface area contributed by atoms with Gasteiger partial charge in [-0.25, -0.2) is 4.98 Å². The molecule has 2 unspecified atom stereocenters. The number of nitrogens with two attached hydrogens (primary N) is 1. The Morgan fingerprint density at radius 2 is 2.12 bits per heavy atom. The normalized spacial score (nSPS) is 15.6. The van der Waals surface area contributed by atoms with Crippen LogP contribution in [0.5, 0.6) is 0 Å². The van der Waals surface area contributed by atoms with Crippen molar-refractivity contribution in [3.8, 4) is 0 Å². The first-order chi connectivity index (χ1) is 7.84. The summed E-state index contributed by atoms with van der Waals surface area (Å²) in [5.41, 5.74) is 6.10. The number of aliphatic hydroxyl groups excluding tert-OH is 1. The van der Waals surface area contributed by atoms with E-state index in [0.29, 0.717) is 5.02 Å². The Morgan fingerprint density at radius 1 is 1.47 bits per heavy atom. The van der Waals surface area contributed by atoms with E-state index >= 15 is 0 Å². The summed E-state index contributed by atoms with van der Waals surface area (Å²) in [5.74, 6) is 0. The molecular formula is C12H19ClN2OS. The molecule has 0 saturated heterocycles. The Kier molecular flexibility index (Phi) is 5.25. The lowest BCUT2D eigenvalue weighted by atomic mass is 9.85. The minimum absolute atomic E-state index is 0.0351. The molecule has 0 saturated carbocycles. The molecular weight excluding hydrogens is 256 g/mol. The van der Waals surface area contributed by atoms with Crippen molar-refractivity contribution in [2.75, 3.05) is 6.61 Å². The summed E-state index contributed by atoms with van der Waals surface area (Å²) in [7, 11) is 0. The highest BCUT2D eigenvalue weighted by molar-refractivity contribution is 8.00. The fourth-order valence-electron chi connectivity index (χ4n) is 1.37. The number of aromatic nitrogens is 1. The number of halogens is 1. The van der Waals surface area contributed by atoms with Gasteiger partial charge in [0.2, 0.25) is 0 Å². The van der Waals surface area contributed by atoms with Crippen LogP contribution in [-0.4, -0.2) is 28.0 Å². The van der Waals surface area contributed by atoms with E-state index in [1.165, 1.54) is 11.8 Å². The molecule has 0 fully saturated rings. The molecule has 2 atom stereocenters. The second-order valence-corrected chi connectivity index (χ2v) is 6.74. The number of rotatable bonds is 4. The Morgan fingerprint density at radius 3 is 2.53 bits per heavy atom. The molecule has 3 nitrogen and oxygen atoms in total. The Bertz CT molecular complexity index is 351. The van der Waals surface area contributed by atoms with E-state index in [2.05, 4.69) is 25.8 Å². The van der Waals surface area contributed by atoms with Crippen LogP contribution in [0.1, 0.15) is 20.8 Å². The zero-order valence-electron chi connectivity index (χ0n) is 10.4. The molecule has 1 heterocycles. The van der Waals surface area contributed by atoms with Crippen molar-refractivity contribution in [3.63, 3.8) is 0 Å². The molecule has 1 aromatic heterocycles. The van der Waals surface area contributed by atoms with Gasteiger partial charge in [-0.1, -0.05) is 44.1 Å². The van der Waals surface area contributed by atoms with Gasteiger partial charge < -0.3 is 10.8 Å². The Balaban J connectivity index is 2.73. The molecule has 5 heteroatoms. The molecule has 0 spiro atoms. The van der Waals surface area contributed by atoms with Gasteiger partial charge in [0.1, 0.15) is 0 Å². The van der Waals surface area contributed by atoms with Crippen LogP contribution in [0.2, 0.25) is 5.02 Å². The van der Waals surface area contributed by atoms with Crippen LogP contribution >= 0.6 is 23.4 Å². The monoisotopic (exact) mass is 274 g/mol. The predicted molar refractivity (Wildman–Crippen MR) is 73.4 cm³/mol. The lowest BCUT2D eigenvalue weighted by Gasteiger charge is -2.32. The molecule has 1 rings (SSSR count). The minimum atomic E-state index is -0.102. The van der Waals surface area contributed by atoms with Crippen LogP contribution in [0, 0.1) is 5.41 Å². The summed E-state index contributed by atoms with van der Waals surface area (Å²) in [5, 5.41) is 10.8. The van der Waals surface area contributed by atoms with E-state index in [9.17, 15) is 5.11 Å². The number of pyridine rings is 1. The second kappa shape index (κ2) is 6.05. The van der Waals surface area contributed by atoms with Crippen LogP contribution in [-0.2, 0) is 0 Å². The lowest BCUT2D eigenvalue weighted by molar-refractivity contribution is 0.233. The van der Waals surface area contributed by atoms with E-state index in [0.717, 1.165) is 5.03 Å². The highest BCUT2D eigenvalue weighted by atomic mass is 35.5. The molecule has 0 aliphatic carbocycles. The number of hydrogen-bond acceptors (Lipinski definition) is 4. The number of thioether (sulfide) groups is 1. The third-order valence-corrected chi connectivity index (χ3v) is 4.00. The van der Waals surface area contributed by atoms with Crippen molar-refractivity contribution in [2.45, 2.75) is 37.1 Å². The average Bonchev–Trinajstić information content (AvgIpc) is 2.26. The van der Waals surface area contributed by atoms with E-state index in [1.54, 1.807) is 12.3 Å². The summed E-state index contributed by atoms with van der Waals surface area (Å²) >= 11 is 7.26. The van der Waals surface area contributed by atoms with Gasteiger partial charge in [-0.2, -0.15) is 0 Å². The first-order valence-corrected chi connectivity index (χ1v) is 6.75. The predicted octanol–water partition coefficient (Wildman–Crippen LogP) is 2.56. The molecule has 0 aromatic carbocycles. The SMILES string of the molecule is CC(C)(C)C(N)C(CO)Sc1ccc(Cl)cn1. The highest BCUT2D eigenvalue weighted by Crippen LogP contribution is 2.30. The molecule has 96 valence electrons. The zero-order chi connectivity index (χ0) is 13.1. The smallest absolute Gasteiger partial charge is 0.0965 e. The molecule has 3 N–H and O–H groups in total. The standard InChI is InChI=1S/C12H19ClN2OS/c1-12(2,3)11(14)9(7-16)17-10-5-4-8(13)6-15-10/h4-6,9,11,16H,7,14H2,1-3H3. The van der Waals surface area contributed by atoms with Gasteiger partial charge in [-0.3, -0.25) is 0 Å². The van der Waals surface area contributed by atoms with Crippen LogP contribution < -0.4 is 5.73 Å². The molecule has 0 bridgehead atoms. The topological polar surface area (TPSA) is 59.1 Å². The summed E-state index contributed by atoms with van der Waals surface area (Å²) < 4.78 is 0. The van der Waals surface area contributed by atoms with Crippen molar-refractivity contribution in [1.29, 1.82) is 0 Å². The average molecular weight is 275 g/mol. The van der Waals surface area contributed by atoms with Gasteiger partial charge in [-0.15, -0.1) is 0 Å². The third kappa shape index (κ3) is 4.47. The maximum Gasteiger partial charge on any atom is 0.0965 e. The van der Waals surface area contributed by atoms with Gasteiger partial charge >= 0.3 is 0 Å². The molecule has 0 amide bonds. The maximum absolute atomic E-state index is 9.42. The van der Waals surface area contributed by atoms with Gasteiger partial charge in [-0.05, 0) is 17.5 Å². The fourth-order valence-corrected chi connectivity index (χ4v) is 2.68. The van der Waals surface area contributed by atoms with Crippen LogP contribution in [0.3, 0.4) is 0 Å². The van der Waals surface area contributed by atoms with E-state index in [-0.39, 0.29) is 23.3 Å². The molecule has 0 radical (unpaired) electrons. The first-order valence-electron chi connectivity index (χ1n) is 5.49. The quantitative estimate of drug-likeness (QED) is 0.829. The largest absolute Gasteiger partial charge is 0.395 e. The van der Waals surface area contributed by atoms with Gasteiger partial charge in [0.05, 0.1) is 16.7 Å². The van der Waals surface area contributed by atoms with E-state index in [1.807, 2.05) is 6.07 Å². The molecule has 0 aliphatic heterocycles. The van der Waals surface area contributed by atoms with Gasteiger partial charge in [0.15, 0.2) is 0 Å². The number of hydrogen-bond donors (Lipinski definition) is 2. The summed E-state index contributed by atoms with van der Waals surface area (Å²) in [4.78, 5) is 4.19. The third-order valence-electron chi connectivity index (χ3n) is 2.55. The number of nitrogens with zero attached hydrogens (tertiary/aromatic N) is 1. The Hall–Kier alpha value is -0.290. The lowest BCUT2D eigenvalue weighted by Crippen LogP contribution is -2.45. The zero-order valence-corrected chi connectivity index (χ0v) is 11.9. The summed E-state index contributed by atoms with van der Waals surface area (Å²) in [6.07, 6.45) is 1.60. The maximum atomic E-state index is 9.42. The van der Waals surface area contributed by atoms with Gasteiger partial charge in [0, 0.05) is 17.5 Å². The minimum Gasteiger partial charge on any atom is -0.395 e. The highest BCUT2D eigenvalue weighted by Gasteiger charge is 2.29. The van der Waals surface area contributed by atoms with E-state index < -0.39 is 0 Å². The summed E-state index contributed by atoms with van der Waals surface area (Å²) in [6.45, 7) is 6.23. The molecule has 1 aromatic rings. The molecule has 17 heavy (non-hydrogen) atoms. The second-order valence-electron chi connectivity index (χ2n) is 5.05. The van der Waals surface area contributed by atoms with Crippen molar-refractivity contribution < 1.29 is 5.11 Å².